The molecule has 3 atom stereocenters. The van der Waals surface area contributed by atoms with Crippen molar-refractivity contribution in [2.75, 3.05) is 19.7 Å². The maximum absolute atomic E-state index is 13.3. The summed E-state index contributed by atoms with van der Waals surface area (Å²) in [6.07, 6.45) is 5.80. The van der Waals surface area contributed by atoms with E-state index < -0.39 is 0 Å². The molecule has 1 saturated heterocycles. The number of rotatable bonds is 7. The molecular weight excluding hydrogens is 374 g/mol. The van der Waals surface area contributed by atoms with Crippen LogP contribution in [0.15, 0.2) is 60.7 Å². The van der Waals surface area contributed by atoms with Gasteiger partial charge in [-0.3, -0.25) is 9.69 Å². The fraction of sp³-hybridized carbons (Fsp3) is 0.500. The number of aliphatic hydroxyl groups excluding tert-OH is 1. The van der Waals surface area contributed by atoms with Gasteiger partial charge >= 0.3 is 5.97 Å². The van der Waals surface area contributed by atoms with Crippen molar-refractivity contribution >= 4 is 5.97 Å². The summed E-state index contributed by atoms with van der Waals surface area (Å²) in [6, 6.07) is 20.1. The minimum absolute atomic E-state index is 0.101. The molecule has 1 aliphatic heterocycles. The third-order valence-electron chi connectivity index (χ3n) is 6.89. The Bertz CT molecular complexity index is 788. The van der Waals surface area contributed by atoms with Gasteiger partial charge in [-0.05, 0) is 29.9 Å². The van der Waals surface area contributed by atoms with Crippen molar-refractivity contribution in [3.63, 3.8) is 0 Å². The van der Waals surface area contributed by atoms with Gasteiger partial charge in [0.15, 0.2) is 0 Å². The molecule has 1 N–H and O–H groups in total. The highest BCUT2D eigenvalue weighted by Crippen LogP contribution is 2.38. The molecular formula is C26H33NO3. The van der Waals surface area contributed by atoms with Gasteiger partial charge in [0.1, 0.15) is 12.6 Å². The predicted molar refractivity (Wildman–Crippen MR) is 118 cm³/mol. The molecule has 2 aromatic carbocycles. The van der Waals surface area contributed by atoms with Crippen LogP contribution in [0.25, 0.3) is 0 Å². The zero-order chi connectivity index (χ0) is 20.8. The summed E-state index contributed by atoms with van der Waals surface area (Å²) in [4.78, 5) is 15.6. The van der Waals surface area contributed by atoms with Crippen molar-refractivity contribution in [3.05, 3.63) is 71.8 Å². The zero-order valence-corrected chi connectivity index (χ0v) is 17.7. The van der Waals surface area contributed by atoms with Crippen molar-refractivity contribution in [3.8, 4) is 0 Å². The van der Waals surface area contributed by atoms with Crippen LogP contribution < -0.4 is 0 Å². The molecule has 0 spiro atoms. The lowest BCUT2D eigenvalue weighted by Crippen LogP contribution is -2.47. The summed E-state index contributed by atoms with van der Waals surface area (Å²) < 4.78 is 5.82. The minimum Gasteiger partial charge on any atom is -0.460 e. The topological polar surface area (TPSA) is 49.8 Å². The maximum Gasteiger partial charge on any atom is 0.323 e. The molecule has 4 heteroatoms. The van der Waals surface area contributed by atoms with Crippen molar-refractivity contribution < 1.29 is 14.6 Å². The first-order valence-electron chi connectivity index (χ1n) is 11.4. The highest BCUT2D eigenvalue weighted by Gasteiger charge is 2.43. The van der Waals surface area contributed by atoms with Gasteiger partial charge in [-0.1, -0.05) is 79.9 Å². The molecule has 0 bridgehead atoms. The number of carbonyl (C=O) groups excluding carboxylic acids is 1. The first-order chi connectivity index (χ1) is 14.8. The van der Waals surface area contributed by atoms with E-state index in [2.05, 4.69) is 29.2 Å². The molecule has 3 unspecified atom stereocenters. The summed E-state index contributed by atoms with van der Waals surface area (Å²) >= 11 is 0. The summed E-state index contributed by atoms with van der Waals surface area (Å²) in [7, 11) is 0. The van der Waals surface area contributed by atoms with Crippen molar-refractivity contribution in [1.29, 1.82) is 0 Å². The Morgan fingerprint density at radius 2 is 1.63 bits per heavy atom. The van der Waals surface area contributed by atoms with E-state index in [0.29, 0.717) is 12.5 Å². The van der Waals surface area contributed by atoms with E-state index in [4.69, 9.17) is 4.74 Å². The molecule has 2 aliphatic rings. The molecule has 0 amide bonds. The Hall–Kier alpha value is -2.17. The number of likely N-dealkylation sites (tertiary alicyclic amines) is 1. The second-order valence-corrected chi connectivity index (χ2v) is 8.85. The highest BCUT2D eigenvalue weighted by molar-refractivity contribution is 5.76. The summed E-state index contributed by atoms with van der Waals surface area (Å²) in [5, 5.41) is 10.1. The van der Waals surface area contributed by atoms with Crippen molar-refractivity contribution in [1.82, 2.24) is 4.90 Å². The molecule has 0 aromatic heterocycles. The molecule has 1 saturated carbocycles. The second-order valence-electron chi connectivity index (χ2n) is 8.85. The molecule has 2 fully saturated rings. The smallest absolute Gasteiger partial charge is 0.323 e. The highest BCUT2D eigenvalue weighted by atomic mass is 16.5. The number of aliphatic hydroxyl groups is 1. The fourth-order valence-corrected chi connectivity index (χ4v) is 5.30. The number of carbonyl (C=O) groups is 1. The molecule has 4 rings (SSSR count). The van der Waals surface area contributed by atoms with Crippen LogP contribution in [-0.4, -0.2) is 41.7 Å². The zero-order valence-electron chi connectivity index (χ0n) is 17.7. The van der Waals surface area contributed by atoms with E-state index in [0.717, 1.165) is 31.5 Å². The Morgan fingerprint density at radius 3 is 2.30 bits per heavy atom. The van der Waals surface area contributed by atoms with Gasteiger partial charge in [0.05, 0.1) is 0 Å². The van der Waals surface area contributed by atoms with Gasteiger partial charge in [0, 0.05) is 31.5 Å². The van der Waals surface area contributed by atoms with E-state index in [1.54, 1.807) is 0 Å². The van der Waals surface area contributed by atoms with Gasteiger partial charge in [0.2, 0.25) is 0 Å². The molecule has 1 heterocycles. The predicted octanol–water partition coefficient (Wildman–Crippen LogP) is 4.39. The Balaban J connectivity index is 1.51. The van der Waals surface area contributed by atoms with E-state index >= 15 is 0 Å². The Kier molecular flexibility index (Phi) is 7.19. The Morgan fingerprint density at radius 1 is 0.967 bits per heavy atom. The molecule has 160 valence electrons. The van der Waals surface area contributed by atoms with Crippen LogP contribution in [0.5, 0.6) is 0 Å². The summed E-state index contributed by atoms with van der Waals surface area (Å²) in [6.45, 7) is 2.02. The lowest BCUT2D eigenvalue weighted by molar-refractivity contribution is -0.154. The van der Waals surface area contributed by atoms with E-state index in [9.17, 15) is 9.90 Å². The number of nitrogens with zero attached hydrogens (tertiary/aromatic N) is 1. The number of ether oxygens (including phenoxy) is 1. The quantitative estimate of drug-likeness (QED) is 0.692. The average Bonchev–Trinajstić information content (AvgIpc) is 3.24. The van der Waals surface area contributed by atoms with Crippen LogP contribution in [0.4, 0.5) is 0 Å². The fourth-order valence-electron chi connectivity index (χ4n) is 5.30. The molecule has 4 nitrogen and oxygen atoms in total. The van der Waals surface area contributed by atoms with Gasteiger partial charge in [-0.15, -0.1) is 0 Å². The largest absolute Gasteiger partial charge is 0.460 e. The summed E-state index contributed by atoms with van der Waals surface area (Å²) in [5.74, 6) is 0.650. The third-order valence-corrected chi connectivity index (χ3v) is 6.89. The molecule has 1 aliphatic carbocycles. The first kappa shape index (κ1) is 21.1. The van der Waals surface area contributed by atoms with Crippen LogP contribution >= 0.6 is 0 Å². The third kappa shape index (κ3) is 4.93. The van der Waals surface area contributed by atoms with Gasteiger partial charge in [-0.2, -0.15) is 0 Å². The lowest BCUT2D eigenvalue weighted by atomic mass is 9.83. The van der Waals surface area contributed by atoms with Crippen LogP contribution in [0.1, 0.15) is 49.1 Å². The number of hydrogen-bond donors (Lipinski definition) is 1. The van der Waals surface area contributed by atoms with Gasteiger partial charge < -0.3 is 9.84 Å². The standard InChI is InChI=1S/C26H33NO3/c28-18-23-16-27(17-24(23)21-12-6-2-7-13-21)25(22-14-8-3-9-15-22)26(29)30-19-20-10-4-1-5-11-20/h1-2,4-7,10-13,22-25,28H,3,8-9,14-19H2. The number of hydrogen-bond acceptors (Lipinski definition) is 4. The lowest BCUT2D eigenvalue weighted by Gasteiger charge is -2.35. The monoisotopic (exact) mass is 407 g/mol. The minimum atomic E-state index is -0.211. The van der Waals surface area contributed by atoms with E-state index in [1.807, 2.05) is 36.4 Å². The normalized spacial score (nSPS) is 23.9. The Labute approximate surface area is 179 Å². The summed E-state index contributed by atoms with van der Waals surface area (Å²) in [5.41, 5.74) is 2.27. The second kappa shape index (κ2) is 10.2. The van der Waals surface area contributed by atoms with Crippen molar-refractivity contribution in [2.45, 2.75) is 50.7 Å². The van der Waals surface area contributed by atoms with Crippen LogP contribution in [0, 0.1) is 11.8 Å². The van der Waals surface area contributed by atoms with Crippen LogP contribution in [-0.2, 0) is 16.1 Å². The molecule has 0 radical (unpaired) electrons. The average molecular weight is 408 g/mol. The van der Waals surface area contributed by atoms with Crippen LogP contribution in [0.2, 0.25) is 0 Å². The van der Waals surface area contributed by atoms with Crippen LogP contribution in [0.3, 0.4) is 0 Å². The number of esters is 1. The molecule has 30 heavy (non-hydrogen) atoms. The molecule has 2 aromatic rings. The van der Waals surface area contributed by atoms with E-state index in [1.165, 1.54) is 24.8 Å². The SMILES string of the molecule is O=C(OCc1ccccc1)C(C1CCCCC1)N1CC(CO)C(c2ccccc2)C1. The van der Waals surface area contributed by atoms with E-state index in [-0.39, 0.29) is 30.5 Å². The van der Waals surface area contributed by atoms with Gasteiger partial charge in [0.25, 0.3) is 0 Å². The maximum atomic E-state index is 13.3. The number of benzene rings is 2. The van der Waals surface area contributed by atoms with Gasteiger partial charge in [-0.25, -0.2) is 0 Å². The first-order valence-corrected chi connectivity index (χ1v) is 11.4. The van der Waals surface area contributed by atoms with Crippen molar-refractivity contribution in [2.24, 2.45) is 11.8 Å².